The van der Waals surface area contributed by atoms with Gasteiger partial charge in [-0.3, -0.25) is 19.7 Å². The lowest BCUT2D eigenvalue weighted by Crippen LogP contribution is -2.27. The van der Waals surface area contributed by atoms with E-state index >= 15 is 0 Å². The number of pyridine rings is 4. The fourth-order valence-corrected chi connectivity index (χ4v) is 4.15. The first-order valence-electron chi connectivity index (χ1n) is 11.9. The molecule has 0 bridgehead atoms. The average Bonchev–Trinajstić information content (AvgIpc) is 3.52. The molecular weight excluding hydrogens is 464 g/mol. The van der Waals surface area contributed by atoms with Crippen LogP contribution in [-0.4, -0.2) is 40.8 Å². The van der Waals surface area contributed by atoms with E-state index in [4.69, 9.17) is 4.98 Å². The Morgan fingerprint density at radius 3 is 2.46 bits per heavy atom. The van der Waals surface area contributed by atoms with Crippen LogP contribution in [0.1, 0.15) is 20.8 Å². The maximum atomic E-state index is 12.4. The fourth-order valence-electron chi connectivity index (χ4n) is 4.15. The van der Waals surface area contributed by atoms with Gasteiger partial charge in [-0.2, -0.15) is 0 Å². The Labute approximate surface area is 212 Å². The third kappa shape index (κ3) is 4.20. The summed E-state index contributed by atoms with van der Waals surface area (Å²) in [6.07, 6.45) is 14.2. The van der Waals surface area contributed by atoms with Crippen LogP contribution in [0.15, 0.2) is 73.8 Å². The number of nitrogens with zero attached hydrogens (tertiary/aromatic N) is 5. The Balaban J connectivity index is 1.40. The number of carbonyl (C=O) groups is 1. The Hall–Kier alpha value is -4.92. The molecule has 0 unspecified atom stereocenters. The molecule has 0 atom stereocenters. The average molecular weight is 489 g/mol. The Morgan fingerprint density at radius 1 is 0.865 bits per heavy atom. The van der Waals surface area contributed by atoms with E-state index in [0.29, 0.717) is 11.5 Å². The van der Waals surface area contributed by atoms with Crippen LogP contribution in [0.25, 0.3) is 55.7 Å². The molecular formula is C28H24N8O. The van der Waals surface area contributed by atoms with Gasteiger partial charge in [-0.25, -0.2) is 9.97 Å². The van der Waals surface area contributed by atoms with Crippen molar-refractivity contribution < 1.29 is 4.79 Å². The van der Waals surface area contributed by atoms with E-state index in [2.05, 4.69) is 41.3 Å². The molecule has 37 heavy (non-hydrogen) atoms. The quantitative estimate of drug-likeness (QED) is 0.296. The molecule has 6 rings (SSSR count). The van der Waals surface area contributed by atoms with Gasteiger partial charge < -0.3 is 15.3 Å². The summed E-state index contributed by atoms with van der Waals surface area (Å²) in [6, 6.07) is 7.84. The molecule has 6 aromatic heterocycles. The SMILES string of the molecule is CC(C)(C)C(=O)Nc1cncc(-c2cnc3[nH]cc(-c4nc5c(-c6ccncc6)cncc5[nH]4)c3c2)c1. The van der Waals surface area contributed by atoms with Gasteiger partial charge in [-0.1, -0.05) is 20.8 Å². The van der Waals surface area contributed by atoms with Crippen molar-refractivity contribution in [1.29, 1.82) is 0 Å². The summed E-state index contributed by atoms with van der Waals surface area (Å²) >= 11 is 0. The highest BCUT2D eigenvalue weighted by atomic mass is 16.2. The highest BCUT2D eigenvalue weighted by molar-refractivity contribution is 5.99. The number of H-pyrrole nitrogens is 2. The number of rotatable bonds is 4. The van der Waals surface area contributed by atoms with E-state index in [1.807, 2.05) is 51.4 Å². The molecule has 0 fully saturated rings. The summed E-state index contributed by atoms with van der Waals surface area (Å²) in [5.74, 6) is 0.645. The van der Waals surface area contributed by atoms with E-state index in [1.54, 1.807) is 37.2 Å². The van der Waals surface area contributed by atoms with Crippen molar-refractivity contribution in [1.82, 2.24) is 34.9 Å². The van der Waals surface area contributed by atoms with Crippen LogP contribution in [0.4, 0.5) is 5.69 Å². The van der Waals surface area contributed by atoms with Crippen molar-refractivity contribution in [2.75, 3.05) is 5.32 Å². The summed E-state index contributed by atoms with van der Waals surface area (Å²) < 4.78 is 0. The molecule has 0 aliphatic rings. The van der Waals surface area contributed by atoms with Crippen LogP contribution in [-0.2, 0) is 4.79 Å². The predicted octanol–water partition coefficient (Wildman–Crippen LogP) is 5.61. The third-order valence-electron chi connectivity index (χ3n) is 6.18. The molecule has 0 saturated carbocycles. The molecule has 0 aromatic carbocycles. The fraction of sp³-hybridized carbons (Fsp3) is 0.143. The predicted molar refractivity (Wildman–Crippen MR) is 144 cm³/mol. The van der Waals surface area contributed by atoms with E-state index < -0.39 is 5.41 Å². The summed E-state index contributed by atoms with van der Waals surface area (Å²) in [6.45, 7) is 5.62. The Bertz CT molecular complexity index is 1760. The molecule has 9 heteroatoms. The summed E-state index contributed by atoms with van der Waals surface area (Å²) in [4.78, 5) is 41.5. The number of aromatic amines is 2. The zero-order valence-electron chi connectivity index (χ0n) is 20.6. The number of amides is 1. The third-order valence-corrected chi connectivity index (χ3v) is 6.18. The molecule has 1 amide bonds. The van der Waals surface area contributed by atoms with Crippen LogP contribution >= 0.6 is 0 Å². The number of carbonyl (C=O) groups excluding carboxylic acids is 1. The maximum Gasteiger partial charge on any atom is 0.229 e. The molecule has 6 heterocycles. The number of hydrogen-bond acceptors (Lipinski definition) is 6. The van der Waals surface area contributed by atoms with E-state index in [9.17, 15) is 4.79 Å². The van der Waals surface area contributed by atoms with Gasteiger partial charge in [0.2, 0.25) is 5.91 Å². The highest BCUT2D eigenvalue weighted by Crippen LogP contribution is 2.33. The van der Waals surface area contributed by atoms with Gasteiger partial charge in [-0.05, 0) is 29.8 Å². The Morgan fingerprint density at radius 2 is 1.65 bits per heavy atom. The molecule has 0 saturated heterocycles. The first kappa shape index (κ1) is 22.5. The lowest BCUT2D eigenvalue weighted by Gasteiger charge is -2.17. The molecule has 0 radical (unpaired) electrons. The molecule has 182 valence electrons. The molecule has 0 aliphatic heterocycles. The van der Waals surface area contributed by atoms with Gasteiger partial charge in [0.1, 0.15) is 11.5 Å². The van der Waals surface area contributed by atoms with Gasteiger partial charge in [0.15, 0.2) is 0 Å². The maximum absolute atomic E-state index is 12.4. The smallest absolute Gasteiger partial charge is 0.229 e. The van der Waals surface area contributed by atoms with E-state index in [-0.39, 0.29) is 5.91 Å². The second kappa shape index (κ2) is 8.63. The second-order valence-electron chi connectivity index (χ2n) is 9.89. The minimum absolute atomic E-state index is 0.0709. The van der Waals surface area contributed by atoms with Crippen molar-refractivity contribution >= 4 is 33.7 Å². The van der Waals surface area contributed by atoms with Crippen LogP contribution < -0.4 is 5.32 Å². The zero-order valence-corrected chi connectivity index (χ0v) is 20.6. The number of hydrogen-bond donors (Lipinski definition) is 3. The van der Waals surface area contributed by atoms with Crippen molar-refractivity contribution in [2.45, 2.75) is 20.8 Å². The number of imidazole rings is 1. The molecule has 0 aliphatic carbocycles. The molecule has 3 N–H and O–H groups in total. The van der Waals surface area contributed by atoms with Crippen LogP contribution in [0, 0.1) is 5.41 Å². The number of aromatic nitrogens is 7. The minimum atomic E-state index is -0.504. The van der Waals surface area contributed by atoms with Gasteiger partial charge in [0.25, 0.3) is 0 Å². The monoisotopic (exact) mass is 488 g/mol. The van der Waals surface area contributed by atoms with Gasteiger partial charge >= 0.3 is 0 Å². The second-order valence-corrected chi connectivity index (χ2v) is 9.89. The van der Waals surface area contributed by atoms with Crippen LogP contribution in [0.2, 0.25) is 0 Å². The van der Waals surface area contributed by atoms with Crippen LogP contribution in [0.3, 0.4) is 0 Å². The summed E-state index contributed by atoms with van der Waals surface area (Å²) in [5, 5.41) is 3.86. The lowest BCUT2D eigenvalue weighted by molar-refractivity contribution is -0.123. The molecule has 6 aromatic rings. The van der Waals surface area contributed by atoms with E-state index in [1.165, 1.54) is 0 Å². The van der Waals surface area contributed by atoms with Crippen LogP contribution in [0.5, 0.6) is 0 Å². The number of fused-ring (bicyclic) bond motifs is 2. The zero-order chi connectivity index (χ0) is 25.6. The largest absolute Gasteiger partial charge is 0.345 e. The standard InChI is InChI=1S/C28H24N8O/c1-28(2,3)27(37)34-19-8-17(10-30-12-19)18-9-20-22(14-33-25(20)32-11-18)26-35-23-15-31-13-21(24(23)36-26)16-4-6-29-7-5-16/h4-15H,1-3H3,(H,32,33)(H,34,37)(H,35,36). The topological polar surface area (TPSA) is 125 Å². The highest BCUT2D eigenvalue weighted by Gasteiger charge is 2.21. The number of nitrogens with one attached hydrogen (secondary N) is 3. The number of anilines is 1. The minimum Gasteiger partial charge on any atom is -0.345 e. The van der Waals surface area contributed by atoms with Gasteiger partial charge in [-0.15, -0.1) is 0 Å². The van der Waals surface area contributed by atoms with E-state index in [0.717, 1.165) is 49.9 Å². The normalized spacial score (nSPS) is 11.8. The van der Waals surface area contributed by atoms with Crippen molar-refractivity contribution in [3.8, 4) is 33.6 Å². The van der Waals surface area contributed by atoms with Crippen molar-refractivity contribution in [3.63, 3.8) is 0 Å². The first-order valence-corrected chi connectivity index (χ1v) is 11.9. The lowest BCUT2D eigenvalue weighted by atomic mass is 9.95. The summed E-state index contributed by atoms with van der Waals surface area (Å²) in [7, 11) is 0. The Kier molecular flexibility index (Phi) is 5.26. The van der Waals surface area contributed by atoms with Gasteiger partial charge in [0, 0.05) is 70.2 Å². The molecule has 9 nitrogen and oxygen atoms in total. The molecule has 0 spiro atoms. The van der Waals surface area contributed by atoms with Crippen molar-refractivity contribution in [3.05, 3.63) is 73.8 Å². The summed E-state index contributed by atoms with van der Waals surface area (Å²) in [5.41, 5.74) is 7.11. The van der Waals surface area contributed by atoms with Crippen molar-refractivity contribution in [2.24, 2.45) is 5.41 Å². The first-order chi connectivity index (χ1) is 17.9. The van der Waals surface area contributed by atoms with Gasteiger partial charge in [0.05, 0.1) is 29.1 Å².